The maximum Gasteiger partial charge on any atom is 0.0681 e. The Hall–Kier alpha value is -10.9. The molecule has 0 radical (unpaired) electrons. The maximum atomic E-state index is 4.21. The van der Waals surface area contributed by atoms with E-state index in [2.05, 4.69) is 331 Å². The molecule has 0 aliphatic heterocycles. The Bertz CT molecular complexity index is 4660. The van der Waals surface area contributed by atoms with Crippen molar-refractivity contribution in [1.29, 1.82) is 0 Å². The van der Waals surface area contributed by atoms with Gasteiger partial charge in [-0.15, -0.1) is 0 Å². The van der Waals surface area contributed by atoms with Crippen LogP contribution in [0.5, 0.6) is 0 Å². The molecule has 12 aromatic carbocycles. The van der Waals surface area contributed by atoms with E-state index in [0.29, 0.717) is 0 Å². The quantitative estimate of drug-likeness (QED) is 0.152. The predicted molar refractivity (Wildman–Crippen MR) is 449 cm³/mol. The van der Waals surface area contributed by atoms with Crippen LogP contribution in [0.15, 0.2) is 310 Å². The summed E-state index contributed by atoms with van der Waals surface area (Å²) in [6, 6.07) is 98.8. The number of hydrogen-bond acceptors (Lipinski definition) is 2. The molecule has 1 aliphatic rings. The summed E-state index contributed by atoms with van der Waals surface area (Å²) >= 11 is 0. The fourth-order valence-corrected chi connectivity index (χ4v) is 11.5. The smallest absolute Gasteiger partial charge is 0.0681 e. The number of aryl methyl sites for hydroxylation is 11. The van der Waals surface area contributed by atoms with Gasteiger partial charge < -0.3 is 9.13 Å². The SMILES string of the molecule is CC.CC.CC.CC.Cc1cccc2c1C=CC2.Cc1cccc2c1ccn2C.Cc1cccc2c1cnn2C.Cc1cccc2ccccc12.Cc1cccc2ccccc12.Cc1ccccc1.Cc1ccccc1.Cc1nccc2ccccc12.Cn1c2ccccc2c2ccccc21. The molecule has 0 bridgehead atoms. The van der Waals surface area contributed by atoms with E-state index in [1.165, 1.54) is 126 Å². The van der Waals surface area contributed by atoms with Crippen LogP contribution in [-0.2, 0) is 27.6 Å². The highest BCUT2D eigenvalue weighted by Crippen LogP contribution is 2.28. The van der Waals surface area contributed by atoms with Crippen LogP contribution in [0.1, 0.15) is 111 Å². The summed E-state index contributed by atoms with van der Waals surface area (Å²) in [4.78, 5) is 4.21. The van der Waals surface area contributed by atoms with Crippen LogP contribution in [0.4, 0.5) is 0 Å². The highest BCUT2D eigenvalue weighted by atomic mass is 15.2. The molecule has 0 spiro atoms. The second-order valence-electron chi connectivity index (χ2n) is 23.6. The summed E-state index contributed by atoms with van der Waals surface area (Å²) in [5, 5.41) is 17.3. The third-order valence-electron chi connectivity index (χ3n) is 16.8. The van der Waals surface area contributed by atoms with Gasteiger partial charge in [-0.2, -0.15) is 5.10 Å². The van der Waals surface area contributed by atoms with Gasteiger partial charge in [0.05, 0.1) is 11.7 Å². The summed E-state index contributed by atoms with van der Waals surface area (Å²) in [6.45, 7) is 32.9. The monoisotopic (exact) mass is 1330 g/mol. The normalized spacial score (nSPS) is 10.0. The number of aromatic nitrogens is 5. The van der Waals surface area contributed by atoms with Crippen LogP contribution in [0.25, 0.3) is 82.0 Å². The van der Waals surface area contributed by atoms with Crippen LogP contribution in [0.3, 0.4) is 0 Å². The second kappa shape index (κ2) is 44.2. The molecule has 16 aromatic rings. The average Bonchev–Trinajstić information content (AvgIpc) is 1.62. The molecule has 101 heavy (non-hydrogen) atoms. The first kappa shape index (κ1) is 80.8. The number of allylic oxidation sites excluding steroid dienone is 1. The number of benzene rings is 12. The van der Waals surface area contributed by atoms with Crippen molar-refractivity contribution < 1.29 is 0 Å². The van der Waals surface area contributed by atoms with Gasteiger partial charge in [0.1, 0.15) is 0 Å². The molecule has 520 valence electrons. The van der Waals surface area contributed by atoms with Crippen LogP contribution in [0.2, 0.25) is 0 Å². The van der Waals surface area contributed by atoms with E-state index in [9.17, 15) is 0 Å². The highest BCUT2D eigenvalue weighted by Gasteiger charge is 2.07. The number of hydrogen-bond donors (Lipinski definition) is 0. The molecule has 0 atom stereocenters. The van der Waals surface area contributed by atoms with Crippen molar-refractivity contribution in [3.8, 4) is 0 Å². The minimum Gasteiger partial charge on any atom is -0.351 e. The van der Waals surface area contributed by atoms with Gasteiger partial charge in [0.2, 0.25) is 0 Å². The lowest BCUT2D eigenvalue weighted by atomic mass is 10.1. The Labute approximate surface area is 606 Å². The molecule has 0 saturated carbocycles. The molecule has 0 fully saturated rings. The van der Waals surface area contributed by atoms with E-state index in [4.69, 9.17) is 0 Å². The fraction of sp³-hybridized carbons (Fsp3) is 0.208. The molecule has 0 N–H and O–H groups in total. The minimum atomic E-state index is 1.10. The van der Waals surface area contributed by atoms with E-state index >= 15 is 0 Å². The van der Waals surface area contributed by atoms with Crippen LogP contribution < -0.4 is 0 Å². The summed E-state index contributed by atoms with van der Waals surface area (Å²) in [6.07, 6.45) is 11.4. The Morgan fingerprint density at radius 2 is 0.663 bits per heavy atom. The lowest BCUT2D eigenvalue weighted by molar-refractivity contribution is 0.797. The molecule has 1 aliphatic carbocycles. The van der Waals surface area contributed by atoms with Crippen molar-refractivity contribution in [2.24, 2.45) is 21.1 Å². The number of rotatable bonds is 0. The molecule has 5 heteroatoms. The van der Waals surface area contributed by atoms with Crippen LogP contribution in [-0.4, -0.2) is 23.9 Å². The lowest BCUT2D eigenvalue weighted by Crippen LogP contribution is -1.87. The summed E-state index contributed by atoms with van der Waals surface area (Å²) in [7, 11) is 6.15. The van der Waals surface area contributed by atoms with Gasteiger partial charge in [-0.3, -0.25) is 9.67 Å². The van der Waals surface area contributed by atoms with Crippen molar-refractivity contribution in [3.63, 3.8) is 0 Å². The van der Waals surface area contributed by atoms with Crippen molar-refractivity contribution in [2.45, 2.75) is 117 Å². The number of fused-ring (bicyclic) bond motifs is 9. The van der Waals surface area contributed by atoms with Crippen LogP contribution in [0, 0.1) is 55.4 Å². The molecule has 0 saturated heterocycles. The summed E-state index contributed by atoms with van der Waals surface area (Å²) in [5.41, 5.74) is 18.5. The average molecular weight is 1330 g/mol. The Balaban J connectivity index is 0.000000203. The third kappa shape index (κ3) is 23.9. The standard InChI is InChI=1S/C13H11N.2C11H10.C10H11N.C10H9N.C10H10.C9H10N2.2C7H8.4C2H6/c1-14-12-8-4-2-6-10(12)11-7-3-5-9-13(11)14;2*1-9-5-4-7-10-6-2-3-8-11(9)10;1-8-4-3-5-10-9(8)6-7-11(10)2;1-8-10-5-3-2-4-9(10)6-7-11-8;1-8-4-2-5-9-6-3-7-10(8)9;1-7-4-3-5-9-8(7)6-10-11(9)2;2*1-7-5-3-2-4-6-7;4*1-2/h2-9H,1H3;2*2-8H,1H3;3-7H,1-2H3;2-7H,1H3;2-5,7H,6H2,1H3;3-6H,1-2H3;2*2-6H,1H3;4*1-2H3. The van der Waals surface area contributed by atoms with Crippen LogP contribution >= 0.6 is 0 Å². The molecular formula is C96H111N5. The summed E-state index contributed by atoms with van der Waals surface area (Å²) in [5.74, 6) is 0. The maximum absolute atomic E-state index is 4.21. The van der Waals surface area contributed by atoms with Crippen molar-refractivity contribution in [3.05, 3.63) is 366 Å². The first-order chi connectivity index (χ1) is 49.2. The Morgan fingerprint density at radius 1 is 0.297 bits per heavy atom. The molecule has 0 amide bonds. The zero-order valence-electron chi connectivity index (χ0n) is 64.0. The van der Waals surface area contributed by atoms with Crippen molar-refractivity contribution in [1.82, 2.24) is 23.9 Å². The molecule has 4 aromatic heterocycles. The number of pyridine rings is 1. The van der Waals surface area contributed by atoms with Crippen molar-refractivity contribution >= 4 is 82.0 Å². The van der Waals surface area contributed by atoms with Gasteiger partial charge in [-0.25, -0.2) is 0 Å². The van der Waals surface area contributed by atoms with E-state index in [1.54, 1.807) is 0 Å². The van der Waals surface area contributed by atoms with Gasteiger partial charge in [-0.05, 0) is 164 Å². The van der Waals surface area contributed by atoms with E-state index in [1.807, 2.05) is 141 Å². The van der Waals surface area contributed by atoms with Gasteiger partial charge in [-0.1, -0.05) is 327 Å². The van der Waals surface area contributed by atoms with Gasteiger partial charge in [0, 0.05) is 82.7 Å². The summed E-state index contributed by atoms with van der Waals surface area (Å²) < 4.78 is 6.27. The largest absolute Gasteiger partial charge is 0.351 e. The Morgan fingerprint density at radius 3 is 1.10 bits per heavy atom. The number of para-hydroxylation sites is 2. The molecule has 17 rings (SSSR count). The Kier molecular flexibility index (Phi) is 35.4. The first-order valence-corrected chi connectivity index (χ1v) is 36.0. The lowest BCUT2D eigenvalue weighted by Gasteiger charge is -2.00. The predicted octanol–water partition coefficient (Wildman–Crippen LogP) is 27.2. The zero-order valence-corrected chi connectivity index (χ0v) is 64.0. The highest BCUT2D eigenvalue weighted by molar-refractivity contribution is 6.07. The van der Waals surface area contributed by atoms with E-state index < -0.39 is 0 Å². The number of nitrogens with zero attached hydrogens (tertiary/aromatic N) is 5. The molecular weight excluding hydrogens is 1220 g/mol. The van der Waals surface area contributed by atoms with Crippen molar-refractivity contribution in [2.75, 3.05) is 0 Å². The van der Waals surface area contributed by atoms with Gasteiger partial charge in [0.25, 0.3) is 0 Å². The molecule has 5 nitrogen and oxygen atoms in total. The fourth-order valence-electron chi connectivity index (χ4n) is 11.5. The van der Waals surface area contributed by atoms with E-state index in [-0.39, 0.29) is 0 Å². The van der Waals surface area contributed by atoms with Gasteiger partial charge in [0.15, 0.2) is 0 Å². The van der Waals surface area contributed by atoms with Gasteiger partial charge >= 0.3 is 0 Å². The third-order valence-corrected chi connectivity index (χ3v) is 16.8. The first-order valence-electron chi connectivity index (χ1n) is 36.0. The molecule has 4 heterocycles. The minimum absolute atomic E-state index is 1.10. The zero-order chi connectivity index (χ0) is 73.5. The van der Waals surface area contributed by atoms with E-state index in [0.717, 1.165) is 12.1 Å². The topological polar surface area (TPSA) is 40.6 Å². The second-order valence-corrected chi connectivity index (χ2v) is 23.6. The molecule has 0 unspecified atom stereocenters.